The average molecular weight is 498 g/mol. The topological polar surface area (TPSA) is 70.6 Å². The molecule has 0 unspecified atom stereocenters. The second-order valence-corrected chi connectivity index (χ2v) is 10.1. The SMILES string of the molecule is CCc1nn2c(-c3c(OC)cc(COC)cc3OC)c(C)oc2c1N(CC1CCOCC1)CC1CC1. The smallest absolute Gasteiger partial charge is 0.246 e. The summed E-state index contributed by atoms with van der Waals surface area (Å²) in [6, 6.07) is 3.99. The number of oxazole rings is 1. The summed E-state index contributed by atoms with van der Waals surface area (Å²) in [5.74, 6) is 3.59. The minimum atomic E-state index is 0.473. The van der Waals surface area contributed by atoms with Gasteiger partial charge in [-0.05, 0) is 68.6 Å². The van der Waals surface area contributed by atoms with E-state index in [2.05, 4.69) is 11.8 Å². The monoisotopic (exact) mass is 497 g/mol. The van der Waals surface area contributed by atoms with Gasteiger partial charge in [-0.1, -0.05) is 6.92 Å². The molecule has 5 rings (SSSR count). The van der Waals surface area contributed by atoms with Crippen molar-refractivity contribution < 1.29 is 23.4 Å². The molecule has 0 bridgehead atoms. The molecule has 8 heteroatoms. The predicted molar refractivity (Wildman–Crippen MR) is 139 cm³/mol. The number of fused-ring (bicyclic) bond motifs is 1. The first-order valence-electron chi connectivity index (χ1n) is 13.2. The van der Waals surface area contributed by atoms with E-state index in [4.69, 9.17) is 28.5 Å². The third-order valence-electron chi connectivity index (χ3n) is 7.44. The summed E-state index contributed by atoms with van der Waals surface area (Å²) in [4.78, 5) is 2.55. The number of ether oxygens (including phenoxy) is 4. The molecule has 3 aromatic rings. The fourth-order valence-corrected chi connectivity index (χ4v) is 5.42. The summed E-state index contributed by atoms with van der Waals surface area (Å²) in [7, 11) is 5.04. The van der Waals surface area contributed by atoms with Crippen molar-refractivity contribution in [2.24, 2.45) is 11.8 Å². The van der Waals surface area contributed by atoms with E-state index in [1.54, 1.807) is 21.3 Å². The van der Waals surface area contributed by atoms with E-state index in [-0.39, 0.29) is 0 Å². The molecule has 1 saturated heterocycles. The normalized spacial score (nSPS) is 16.6. The minimum absolute atomic E-state index is 0.473. The van der Waals surface area contributed by atoms with E-state index in [1.807, 2.05) is 23.6 Å². The van der Waals surface area contributed by atoms with Gasteiger partial charge in [-0.25, -0.2) is 0 Å². The van der Waals surface area contributed by atoms with E-state index >= 15 is 0 Å². The highest BCUT2D eigenvalue weighted by Gasteiger charge is 2.33. The van der Waals surface area contributed by atoms with Crippen LogP contribution in [0.4, 0.5) is 5.69 Å². The second-order valence-electron chi connectivity index (χ2n) is 10.1. The molecule has 1 aromatic carbocycles. The number of benzene rings is 1. The molecule has 0 N–H and O–H groups in total. The first kappa shape index (κ1) is 25.0. The molecule has 1 aliphatic heterocycles. The summed E-state index contributed by atoms with van der Waals surface area (Å²) in [6.45, 7) is 8.42. The van der Waals surface area contributed by atoms with E-state index < -0.39 is 0 Å². The van der Waals surface area contributed by atoms with Crippen LogP contribution in [-0.4, -0.2) is 57.2 Å². The van der Waals surface area contributed by atoms with Gasteiger partial charge in [0.25, 0.3) is 0 Å². The number of anilines is 1. The average Bonchev–Trinajstić information content (AvgIpc) is 3.56. The molecule has 36 heavy (non-hydrogen) atoms. The van der Waals surface area contributed by atoms with Crippen LogP contribution in [-0.2, 0) is 22.5 Å². The molecule has 0 amide bonds. The van der Waals surface area contributed by atoms with Gasteiger partial charge in [-0.3, -0.25) is 0 Å². The van der Waals surface area contributed by atoms with Gasteiger partial charge in [-0.15, -0.1) is 0 Å². The van der Waals surface area contributed by atoms with E-state index in [0.717, 1.165) is 91.2 Å². The van der Waals surface area contributed by atoms with E-state index in [9.17, 15) is 0 Å². The molecule has 2 aromatic heterocycles. The molecule has 8 nitrogen and oxygen atoms in total. The fraction of sp³-hybridized carbons (Fsp3) is 0.607. The number of nitrogens with zero attached hydrogens (tertiary/aromatic N) is 3. The van der Waals surface area contributed by atoms with Gasteiger partial charge >= 0.3 is 0 Å². The van der Waals surface area contributed by atoms with E-state index in [0.29, 0.717) is 24.0 Å². The van der Waals surface area contributed by atoms with Gasteiger partial charge in [0.05, 0.1) is 32.1 Å². The number of methoxy groups -OCH3 is 3. The Balaban J connectivity index is 1.63. The maximum Gasteiger partial charge on any atom is 0.246 e. The van der Waals surface area contributed by atoms with Crippen LogP contribution in [0, 0.1) is 18.8 Å². The molecule has 1 aliphatic carbocycles. The van der Waals surface area contributed by atoms with Crippen molar-refractivity contribution in [1.29, 1.82) is 0 Å². The quantitative estimate of drug-likeness (QED) is 0.357. The van der Waals surface area contributed by atoms with Crippen molar-refractivity contribution in [3.05, 3.63) is 29.2 Å². The molecule has 1 saturated carbocycles. The van der Waals surface area contributed by atoms with Crippen molar-refractivity contribution in [3.8, 4) is 22.8 Å². The van der Waals surface area contributed by atoms with Crippen LogP contribution in [0.2, 0.25) is 0 Å². The highest BCUT2D eigenvalue weighted by molar-refractivity contribution is 5.81. The van der Waals surface area contributed by atoms with Gasteiger partial charge < -0.3 is 28.3 Å². The van der Waals surface area contributed by atoms with E-state index in [1.165, 1.54) is 12.8 Å². The van der Waals surface area contributed by atoms with Crippen LogP contribution < -0.4 is 14.4 Å². The Morgan fingerprint density at radius 2 is 1.64 bits per heavy atom. The summed E-state index contributed by atoms with van der Waals surface area (Å²) in [5, 5.41) is 5.10. The Labute approximate surface area is 213 Å². The lowest BCUT2D eigenvalue weighted by molar-refractivity contribution is 0.0681. The second kappa shape index (κ2) is 10.7. The van der Waals surface area contributed by atoms with Gasteiger partial charge in [0.2, 0.25) is 5.71 Å². The Morgan fingerprint density at radius 3 is 2.19 bits per heavy atom. The van der Waals surface area contributed by atoms with Crippen molar-refractivity contribution in [1.82, 2.24) is 9.61 Å². The van der Waals surface area contributed by atoms with Crippen LogP contribution in [0.15, 0.2) is 16.5 Å². The molecular weight excluding hydrogens is 458 g/mol. The number of rotatable bonds is 11. The van der Waals surface area contributed by atoms with Crippen molar-refractivity contribution in [2.75, 3.05) is 52.5 Å². The van der Waals surface area contributed by atoms with Crippen molar-refractivity contribution >= 4 is 11.4 Å². The largest absolute Gasteiger partial charge is 0.496 e. The first-order valence-corrected chi connectivity index (χ1v) is 13.2. The Bertz CT molecular complexity index is 1160. The third kappa shape index (κ3) is 4.81. The van der Waals surface area contributed by atoms with Gasteiger partial charge in [0.1, 0.15) is 28.6 Å². The van der Waals surface area contributed by atoms with Crippen LogP contribution in [0.5, 0.6) is 11.5 Å². The standard InChI is InChI=1S/C28H39N3O5/c1-6-22-27(30(15-19-7-8-19)16-20-9-11-35-12-10-20)28-31(29-22)26(18(2)36-28)25-23(33-4)13-21(17-32-3)14-24(25)34-5/h13-14,19-20H,6-12,15-17H2,1-5H3. The van der Waals surface area contributed by atoms with Crippen LogP contribution in [0.3, 0.4) is 0 Å². The van der Waals surface area contributed by atoms with Crippen LogP contribution >= 0.6 is 0 Å². The molecule has 2 fully saturated rings. The molecule has 3 heterocycles. The summed E-state index contributed by atoms with van der Waals surface area (Å²) < 4.78 is 31.1. The molecule has 0 spiro atoms. The maximum absolute atomic E-state index is 6.51. The zero-order chi connectivity index (χ0) is 25.2. The van der Waals surface area contributed by atoms with Gasteiger partial charge in [-0.2, -0.15) is 9.61 Å². The number of aromatic nitrogens is 2. The third-order valence-corrected chi connectivity index (χ3v) is 7.44. The molecule has 2 aliphatic rings. The summed E-state index contributed by atoms with van der Waals surface area (Å²) >= 11 is 0. The van der Waals surface area contributed by atoms with Crippen LogP contribution in [0.1, 0.15) is 49.6 Å². The maximum atomic E-state index is 6.51. The zero-order valence-electron chi connectivity index (χ0n) is 22.3. The fourth-order valence-electron chi connectivity index (χ4n) is 5.42. The van der Waals surface area contributed by atoms with Crippen molar-refractivity contribution in [3.63, 3.8) is 0 Å². The Kier molecular flexibility index (Phi) is 7.44. The highest BCUT2D eigenvalue weighted by atomic mass is 16.5. The van der Waals surface area contributed by atoms with Gasteiger partial charge in [0.15, 0.2) is 0 Å². The lowest BCUT2D eigenvalue weighted by Gasteiger charge is -2.31. The van der Waals surface area contributed by atoms with Crippen LogP contribution in [0.25, 0.3) is 17.0 Å². The summed E-state index contributed by atoms with van der Waals surface area (Å²) in [6.07, 6.45) is 5.66. The zero-order valence-corrected chi connectivity index (χ0v) is 22.3. The molecular formula is C28H39N3O5. The Morgan fingerprint density at radius 1 is 1.00 bits per heavy atom. The van der Waals surface area contributed by atoms with Gasteiger partial charge in [0, 0.05) is 33.4 Å². The number of hydrogen-bond donors (Lipinski definition) is 0. The predicted octanol–water partition coefficient (Wildman–Crippen LogP) is 5.27. The highest BCUT2D eigenvalue weighted by Crippen LogP contribution is 2.44. The summed E-state index contributed by atoms with van der Waals surface area (Å²) in [5.41, 5.74) is 5.69. The molecule has 0 atom stereocenters. The molecule has 196 valence electrons. The number of aryl methyl sites for hydroxylation is 2. The molecule has 0 radical (unpaired) electrons. The lowest BCUT2D eigenvalue weighted by Crippen LogP contribution is -2.34. The van der Waals surface area contributed by atoms with Crippen molar-refractivity contribution in [2.45, 2.75) is 52.6 Å². The lowest BCUT2D eigenvalue weighted by atomic mass is 9.99. The minimum Gasteiger partial charge on any atom is -0.496 e. The number of hydrogen-bond acceptors (Lipinski definition) is 7. The first-order chi connectivity index (χ1) is 17.6. The Hall–Kier alpha value is -2.71.